The Hall–Kier alpha value is -0.290. The van der Waals surface area contributed by atoms with Crippen LogP contribution < -0.4 is 5.73 Å². The average Bonchev–Trinajstić information content (AvgIpc) is 2.28. The molecule has 0 aliphatic carbocycles. The van der Waals surface area contributed by atoms with Gasteiger partial charge in [-0.05, 0) is 23.8 Å². The zero-order chi connectivity index (χ0) is 13.1. The molecule has 18 heavy (non-hydrogen) atoms. The quantitative estimate of drug-likeness (QED) is 0.927. The number of hydrogen-bond donors (Lipinski definition) is 1. The maximum atomic E-state index is 13.4. The van der Waals surface area contributed by atoms with E-state index in [1.54, 1.807) is 0 Å². The molecule has 2 nitrogen and oxygen atoms in total. The lowest BCUT2D eigenvalue weighted by Gasteiger charge is -2.36. The summed E-state index contributed by atoms with van der Waals surface area (Å²) in [5.41, 5.74) is 6.74. The number of thioether (sulfide) groups is 1. The standard InChI is InChI=1S/C13H18ClFN2S/c1-9-8-17(2-3-18-9)13(7-16)10-4-11(14)6-12(15)5-10/h4-6,9,13H,2-3,7-8,16H2,1H3. The zero-order valence-corrected chi connectivity index (χ0v) is 12.0. The van der Waals surface area contributed by atoms with Gasteiger partial charge in [-0.2, -0.15) is 11.8 Å². The fraction of sp³-hybridized carbons (Fsp3) is 0.538. The fourth-order valence-electron chi connectivity index (χ4n) is 2.39. The van der Waals surface area contributed by atoms with E-state index < -0.39 is 0 Å². The highest BCUT2D eigenvalue weighted by Crippen LogP contribution is 2.28. The van der Waals surface area contributed by atoms with Crippen molar-refractivity contribution in [3.63, 3.8) is 0 Å². The molecule has 2 rings (SSSR count). The van der Waals surface area contributed by atoms with Crippen LogP contribution in [-0.2, 0) is 0 Å². The first-order chi connectivity index (χ1) is 8.60. The lowest BCUT2D eigenvalue weighted by atomic mass is 10.0. The monoisotopic (exact) mass is 288 g/mol. The van der Waals surface area contributed by atoms with Crippen molar-refractivity contribution in [1.82, 2.24) is 4.90 Å². The second-order valence-corrected chi connectivity index (χ2v) is 6.61. The van der Waals surface area contributed by atoms with Crippen LogP contribution in [-0.4, -0.2) is 35.5 Å². The number of halogens is 2. The van der Waals surface area contributed by atoms with Crippen LogP contribution in [0.4, 0.5) is 4.39 Å². The first-order valence-electron chi connectivity index (χ1n) is 6.12. The predicted octanol–water partition coefficient (Wildman–Crippen LogP) is 2.92. The molecule has 1 aliphatic heterocycles. The molecule has 1 saturated heterocycles. The molecule has 1 aliphatic rings. The zero-order valence-electron chi connectivity index (χ0n) is 10.4. The van der Waals surface area contributed by atoms with Crippen LogP contribution in [0.3, 0.4) is 0 Å². The molecule has 1 fully saturated rings. The minimum Gasteiger partial charge on any atom is -0.329 e. The van der Waals surface area contributed by atoms with E-state index in [2.05, 4.69) is 11.8 Å². The van der Waals surface area contributed by atoms with E-state index in [0.29, 0.717) is 16.8 Å². The van der Waals surface area contributed by atoms with Gasteiger partial charge < -0.3 is 5.73 Å². The third-order valence-electron chi connectivity index (χ3n) is 3.21. The van der Waals surface area contributed by atoms with Gasteiger partial charge in [0.25, 0.3) is 0 Å². The van der Waals surface area contributed by atoms with E-state index in [1.165, 1.54) is 12.1 Å². The van der Waals surface area contributed by atoms with Crippen molar-refractivity contribution >= 4 is 23.4 Å². The summed E-state index contributed by atoms with van der Waals surface area (Å²) in [7, 11) is 0. The first-order valence-corrected chi connectivity index (χ1v) is 7.54. The molecule has 2 atom stereocenters. The molecule has 0 saturated carbocycles. The minimum absolute atomic E-state index is 0.0570. The Morgan fingerprint density at radius 1 is 1.56 bits per heavy atom. The summed E-state index contributed by atoms with van der Waals surface area (Å²) in [6.45, 7) is 4.67. The lowest BCUT2D eigenvalue weighted by molar-refractivity contribution is 0.211. The highest BCUT2D eigenvalue weighted by molar-refractivity contribution is 7.99. The van der Waals surface area contributed by atoms with Crippen LogP contribution in [0.5, 0.6) is 0 Å². The molecule has 1 aromatic carbocycles. The Morgan fingerprint density at radius 3 is 2.94 bits per heavy atom. The van der Waals surface area contributed by atoms with Crippen molar-refractivity contribution in [2.24, 2.45) is 5.73 Å². The molecule has 2 N–H and O–H groups in total. The van der Waals surface area contributed by atoms with E-state index in [1.807, 2.05) is 17.8 Å². The highest BCUT2D eigenvalue weighted by atomic mass is 35.5. The molecule has 1 aromatic rings. The van der Waals surface area contributed by atoms with Crippen LogP contribution in [0.2, 0.25) is 5.02 Å². The Kier molecular flexibility index (Phi) is 4.90. The van der Waals surface area contributed by atoms with Gasteiger partial charge >= 0.3 is 0 Å². The summed E-state index contributed by atoms with van der Waals surface area (Å²) < 4.78 is 13.4. The topological polar surface area (TPSA) is 29.3 Å². The van der Waals surface area contributed by atoms with Crippen molar-refractivity contribution < 1.29 is 4.39 Å². The smallest absolute Gasteiger partial charge is 0.125 e. The van der Waals surface area contributed by atoms with Gasteiger partial charge in [0.1, 0.15) is 5.82 Å². The van der Waals surface area contributed by atoms with E-state index in [9.17, 15) is 4.39 Å². The maximum Gasteiger partial charge on any atom is 0.125 e. The number of nitrogens with two attached hydrogens (primary N) is 1. The van der Waals surface area contributed by atoms with Crippen LogP contribution in [0.1, 0.15) is 18.5 Å². The van der Waals surface area contributed by atoms with Gasteiger partial charge in [-0.25, -0.2) is 4.39 Å². The van der Waals surface area contributed by atoms with E-state index in [-0.39, 0.29) is 11.9 Å². The van der Waals surface area contributed by atoms with Gasteiger partial charge in [0, 0.05) is 41.7 Å². The van der Waals surface area contributed by atoms with Crippen molar-refractivity contribution in [3.8, 4) is 0 Å². The largest absolute Gasteiger partial charge is 0.329 e. The highest BCUT2D eigenvalue weighted by Gasteiger charge is 2.25. The first kappa shape index (κ1) is 14.1. The van der Waals surface area contributed by atoms with Gasteiger partial charge in [-0.1, -0.05) is 18.5 Å². The van der Waals surface area contributed by atoms with Crippen molar-refractivity contribution in [3.05, 3.63) is 34.6 Å². The van der Waals surface area contributed by atoms with E-state index in [4.69, 9.17) is 17.3 Å². The van der Waals surface area contributed by atoms with Crippen LogP contribution in [0.15, 0.2) is 18.2 Å². The molecule has 0 aromatic heterocycles. The normalized spacial score (nSPS) is 23.0. The molecule has 0 bridgehead atoms. The Morgan fingerprint density at radius 2 is 2.33 bits per heavy atom. The van der Waals surface area contributed by atoms with Crippen LogP contribution >= 0.6 is 23.4 Å². The van der Waals surface area contributed by atoms with E-state index in [0.717, 1.165) is 24.4 Å². The maximum absolute atomic E-state index is 13.4. The summed E-state index contributed by atoms with van der Waals surface area (Å²) in [4.78, 5) is 2.33. The Bertz CT molecular complexity index is 396. The van der Waals surface area contributed by atoms with Crippen molar-refractivity contribution in [2.45, 2.75) is 18.2 Å². The molecule has 0 spiro atoms. The molecule has 1 heterocycles. The average molecular weight is 289 g/mol. The predicted molar refractivity (Wildman–Crippen MR) is 76.7 cm³/mol. The van der Waals surface area contributed by atoms with Gasteiger partial charge in [-0.3, -0.25) is 4.90 Å². The number of rotatable bonds is 3. The third-order valence-corrected chi connectivity index (χ3v) is 4.56. The summed E-state index contributed by atoms with van der Waals surface area (Å²) in [5.74, 6) is 0.802. The molecule has 2 unspecified atom stereocenters. The molecular formula is C13H18ClFN2S. The Balaban J connectivity index is 2.21. The molecule has 0 radical (unpaired) electrons. The molecule has 0 amide bonds. The van der Waals surface area contributed by atoms with Crippen molar-refractivity contribution in [2.75, 3.05) is 25.4 Å². The number of hydrogen-bond acceptors (Lipinski definition) is 3. The summed E-state index contributed by atoms with van der Waals surface area (Å²) in [6.07, 6.45) is 0. The molecule has 100 valence electrons. The number of nitrogens with zero attached hydrogens (tertiary/aromatic N) is 1. The third kappa shape index (κ3) is 3.38. The minimum atomic E-state index is -0.296. The second kappa shape index (κ2) is 6.24. The SMILES string of the molecule is CC1CN(C(CN)c2cc(F)cc(Cl)c2)CCS1. The van der Waals surface area contributed by atoms with Gasteiger partial charge in [0.05, 0.1) is 0 Å². The van der Waals surface area contributed by atoms with Crippen molar-refractivity contribution in [1.29, 1.82) is 0 Å². The van der Waals surface area contributed by atoms with Gasteiger partial charge in [-0.15, -0.1) is 0 Å². The Labute approximate surface area is 117 Å². The number of benzene rings is 1. The second-order valence-electron chi connectivity index (χ2n) is 4.63. The van der Waals surface area contributed by atoms with Gasteiger partial charge in [0.2, 0.25) is 0 Å². The lowest BCUT2D eigenvalue weighted by Crippen LogP contribution is -2.42. The summed E-state index contributed by atoms with van der Waals surface area (Å²) >= 11 is 7.88. The van der Waals surface area contributed by atoms with E-state index >= 15 is 0 Å². The fourth-order valence-corrected chi connectivity index (χ4v) is 3.66. The molecular weight excluding hydrogens is 271 g/mol. The van der Waals surface area contributed by atoms with Crippen LogP contribution in [0, 0.1) is 5.82 Å². The summed E-state index contributed by atoms with van der Waals surface area (Å²) in [6, 6.07) is 4.74. The van der Waals surface area contributed by atoms with Gasteiger partial charge in [0.15, 0.2) is 0 Å². The summed E-state index contributed by atoms with van der Waals surface area (Å²) in [5, 5.41) is 1.03. The van der Waals surface area contributed by atoms with Crippen LogP contribution in [0.25, 0.3) is 0 Å². The molecule has 5 heteroatoms.